The molecule has 2 aromatic rings. The Morgan fingerprint density at radius 1 is 1.28 bits per heavy atom. The van der Waals surface area contributed by atoms with Crippen LogP contribution in [0.2, 0.25) is 0 Å². The van der Waals surface area contributed by atoms with Crippen LogP contribution >= 0.6 is 0 Å². The molecule has 0 fully saturated rings. The Hall–Kier alpha value is -1.16. The van der Waals surface area contributed by atoms with Crippen molar-refractivity contribution in [3.05, 3.63) is 35.7 Å². The fraction of sp³-hybridized carbons (Fsp3) is 0.231. The summed E-state index contributed by atoms with van der Waals surface area (Å²) in [4.78, 5) is 15.3. The Morgan fingerprint density at radius 2 is 1.94 bits per heavy atom. The number of carbonyl (C=O) groups is 1. The van der Waals surface area contributed by atoms with Gasteiger partial charge >= 0.3 is 119 Å². The van der Waals surface area contributed by atoms with Crippen LogP contribution in [-0.2, 0) is 32.5 Å². The number of oxazole rings is 1. The molecule has 1 aromatic carbocycles. The number of aryl methyl sites for hydroxylation is 2. The van der Waals surface area contributed by atoms with Gasteiger partial charge < -0.3 is 0 Å². The van der Waals surface area contributed by atoms with Crippen molar-refractivity contribution < 1.29 is 36.9 Å². The summed E-state index contributed by atoms with van der Waals surface area (Å²) in [6.45, 7) is 5.27. The van der Waals surface area contributed by atoms with E-state index in [0.717, 1.165) is 14.5 Å². The van der Waals surface area contributed by atoms with Crippen LogP contribution in [0.4, 0.5) is 0 Å². The first kappa shape index (κ1) is 13.3. The van der Waals surface area contributed by atoms with Crippen molar-refractivity contribution in [3.8, 4) is 11.3 Å². The van der Waals surface area contributed by atoms with Crippen LogP contribution in [0.25, 0.3) is 11.3 Å². The molecule has 0 aliphatic rings. The molecular weight excluding hydrogens is 419 g/mol. The first-order chi connectivity index (χ1) is 8.56. The van der Waals surface area contributed by atoms with Crippen molar-refractivity contribution in [2.75, 3.05) is 0 Å². The van der Waals surface area contributed by atoms with E-state index >= 15 is 0 Å². The van der Waals surface area contributed by atoms with Crippen LogP contribution in [0.5, 0.6) is 0 Å². The van der Waals surface area contributed by atoms with Gasteiger partial charge in [-0.3, -0.25) is 0 Å². The summed E-state index contributed by atoms with van der Waals surface area (Å²) >= 11 is -1.98. The Kier molecular flexibility index (Phi) is 4.17. The van der Waals surface area contributed by atoms with Crippen molar-refractivity contribution in [1.29, 1.82) is 0 Å². The standard InChI is InChI=1S/C11H10NO.C2H4O2.Hg/c1-8-3-5-10(6-4-8)11-7-13-9(2)12-11;1-2(3)4;/h3-6H,1-2H3;1H3,(H,3,4);/q;;+1/p-1. The predicted molar refractivity (Wildman–Crippen MR) is 62.8 cm³/mol. The molecule has 0 aliphatic heterocycles. The second-order valence-electron chi connectivity index (χ2n) is 4.15. The number of benzene rings is 1. The van der Waals surface area contributed by atoms with Crippen molar-refractivity contribution in [3.63, 3.8) is 0 Å². The molecule has 4 nitrogen and oxygen atoms in total. The Labute approximate surface area is 118 Å². The molecule has 0 radical (unpaired) electrons. The second kappa shape index (κ2) is 5.65. The van der Waals surface area contributed by atoms with Crippen LogP contribution in [0, 0.1) is 13.8 Å². The summed E-state index contributed by atoms with van der Waals surface area (Å²) in [5.41, 5.74) is 3.04. The average molecular weight is 432 g/mol. The Balaban J connectivity index is 2.31. The zero-order chi connectivity index (χ0) is 13.1. The maximum atomic E-state index is 10.9. The monoisotopic (exact) mass is 433 g/mol. The van der Waals surface area contributed by atoms with Crippen LogP contribution in [-0.4, -0.2) is 11.0 Å². The number of nitrogens with zero attached hydrogens (tertiary/aromatic N) is 1. The van der Waals surface area contributed by atoms with Crippen molar-refractivity contribution in [1.82, 2.24) is 4.98 Å². The van der Waals surface area contributed by atoms with Gasteiger partial charge in [0.05, 0.1) is 0 Å². The van der Waals surface area contributed by atoms with E-state index in [1.165, 1.54) is 12.5 Å². The molecule has 18 heavy (non-hydrogen) atoms. The third-order valence-corrected chi connectivity index (χ3v) is 7.56. The average Bonchev–Trinajstić information content (AvgIpc) is 2.69. The zero-order valence-corrected chi connectivity index (χ0v) is 16.2. The molecule has 1 heterocycles. The van der Waals surface area contributed by atoms with Crippen LogP contribution in [0.15, 0.2) is 28.7 Å². The maximum absolute atomic E-state index is 10.9. The topological polar surface area (TPSA) is 52.3 Å². The first-order valence-electron chi connectivity index (χ1n) is 5.73. The fourth-order valence-corrected chi connectivity index (χ4v) is 5.64. The van der Waals surface area contributed by atoms with Gasteiger partial charge in [-0.1, -0.05) is 0 Å². The molecule has 0 saturated heterocycles. The Bertz CT molecular complexity index is 560. The normalized spacial score (nSPS) is 9.94. The number of carbonyl (C=O) groups excluding carboxylic acids is 1. The van der Waals surface area contributed by atoms with E-state index in [-0.39, 0.29) is 5.97 Å². The zero-order valence-electron chi connectivity index (χ0n) is 10.7. The molecule has 5 heteroatoms. The molecule has 0 unspecified atom stereocenters. The van der Waals surface area contributed by atoms with Gasteiger partial charge in [-0.2, -0.15) is 0 Å². The first-order valence-corrected chi connectivity index (χ1v) is 10.7. The van der Waals surface area contributed by atoms with Crippen LogP contribution < -0.4 is 3.27 Å². The van der Waals surface area contributed by atoms with Gasteiger partial charge in [-0.15, -0.1) is 0 Å². The SMILES string of the molecule is CC(=O)[O][Hg][c]1oc(C)nc1-c1ccc(C)cc1. The molecule has 2 rings (SSSR count). The van der Waals surface area contributed by atoms with E-state index in [0.29, 0.717) is 5.89 Å². The summed E-state index contributed by atoms with van der Waals surface area (Å²) < 4.78 is 11.5. The molecule has 0 saturated carbocycles. The fourth-order valence-electron chi connectivity index (χ4n) is 1.67. The van der Waals surface area contributed by atoms with Gasteiger partial charge in [0.1, 0.15) is 0 Å². The molecule has 90 valence electrons. The van der Waals surface area contributed by atoms with E-state index in [2.05, 4.69) is 4.98 Å². The molecule has 0 bridgehead atoms. The summed E-state index contributed by atoms with van der Waals surface area (Å²) in [5, 5.41) is 0. The minimum atomic E-state index is -1.98. The number of hydrogen-bond donors (Lipinski definition) is 0. The number of aromatic nitrogens is 1. The minimum absolute atomic E-state index is 0.236. The van der Waals surface area contributed by atoms with E-state index in [1.54, 1.807) is 0 Å². The summed E-state index contributed by atoms with van der Waals surface area (Å²) in [7, 11) is 0. The van der Waals surface area contributed by atoms with Gasteiger partial charge in [0.15, 0.2) is 0 Å². The van der Waals surface area contributed by atoms with Gasteiger partial charge in [0.2, 0.25) is 0 Å². The van der Waals surface area contributed by atoms with E-state index < -0.39 is 25.0 Å². The van der Waals surface area contributed by atoms with Gasteiger partial charge in [-0.05, 0) is 0 Å². The van der Waals surface area contributed by atoms with Crippen LogP contribution in [0.1, 0.15) is 18.4 Å². The molecule has 0 aliphatic carbocycles. The third-order valence-electron chi connectivity index (χ3n) is 2.54. The van der Waals surface area contributed by atoms with Gasteiger partial charge in [0.25, 0.3) is 0 Å². The van der Waals surface area contributed by atoms with Gasteiger partial charge in [-0.25, -0.2) is 0 Å². The van der Waals surface area contributed by atoms with E-state index in [4.69, 9.17) is 7.06 Å². The second-order valence-corrected chi connectivity index (χ2v) is 8.89. The van der Waals surface area contributed by atoms with Crippen molar-refractivity contribution in [2.45, 2.75) is 20.8 Å². The van der Waals surface area contributed by atoms with Crippen LogP contribution in [0.3, 0.4) is 0 Å². The Morgan fingerprint density at radius 3 is 2.56 bits per heavy atom. The van der Waals surface area contributed by atoms with Gasteiger partial charge in [0, 0.05) is 0 Å². The van der Waals surface area contributed by atoms with E-state index in [9.17, 15) is 4.79 Å². The summed E-state index contributed by atoms with van der Waals surface area (Å²) in [6, 6.07) is 8.09. The third kappa shape index (κ3) is 3.19. The molecular formula is C13H13HgNO3. The summed E-state index contributed by atoms with van der Waals surface area (Å²) in [5.74, 6) is 0.383. The molecule has 0 amide bonds. The number of hydrogen-bond acceptors (Lipinski definition) is 4. The molecule has 0 N–H and O–H groups in total. The molecule has 0 atom stereocenters. The van der Waals surface area contributed by atoms with E-state index in [1.807, 2.05) is 38.1 Å². The molecule has 1 aromatic heterocycles. The van der Waals surface area contributed by atoms with Crippen molar-refractivity contribution in [2.24, 2.45) is 0 Å². The summed E-state index contributed by atoms with van der Waals surface area (Å²) in [6.07, 6.45) is 0. The van der Waals surface area contributed by atoms with Crippen molar-refractivity contribution >= 4 is 9.24 Å². The number of rotatable bonds is 3. The predicted octanol–water partition coefficient (Wildman–Crippen LogP) is 2.14. The molecule has 0 spiro atoms. The quantitative estimate of drug-likeness (QED) is 0.699.